The van der Waals surface area contributed by atoms with Crippen LogP contribution in [0.2, 0.25) is 0 Å². The normalized spacial score (nSPS) is 10.8. The summed E-state index contributed by atoms with van der Waals surface area (Å²) in [6.07, 6.45) is 0. The van der Waals surface area contributed by atoms with E-state index in [9.17, 15) is 0 Å². The van der Waals surface area contributed by atoms with Crippen molar-refractivity contribution in [2.45, 2.75) is 13.5 Å². The Hall–Kier alpha value is -2.07. The van der Waals surface area contributed by atoms with Crippen molar-refractivity contribution in [1.29, 1.82) is 0 Å². The van der Waals surface area contributed by atoms with Crippen LogP contribution in [0.25, 0.3) is 10.6 Å². The maximum absolute atomic E-state index is 6.05. The molecule has 0 amide bonds. The van der Waals surface area contributed by atoms with Crippen LogP contribution in [-0.2, 0) is 6.54 Å². The van der Waals surface area contributed by atoms with Crippen LogP contribution in [-0.4, -0.2) is 9.78 Å². The molecule has 2 aromatic heterocycles. The van der Waals surface area contributed by atoms with Crippen molar-refractivity contribution in [1.82, 2.24) is 9.78 Å². The topological polar surface area (TPSA) is 43.8 Å². The Labute approximate surface area is 116 Å². The average Bonchev–Trinajstić information content (AvgIpc) is 3.02. The van der Waals surface area contributed by atoms with Crippen molar-refractivity contribution in [3.05, 3.63) is 59.0 Å². The molecule has 3 nitrogen and oxygen atoms in total. The summed E-state index contributed by atoms with van der Waals surface area (Å²) in [5, 5.41) is 6.64. The highest BCUT2D eigenvalue weighted by atomic mass is 32.1. The molecule has 0 fully saturated rings. The lowest BCUT2D eigenvalue weighted by molar-refractivity contribution is 0.697. The van der Waals surface area contributed by atoms with E-state index >= 15 is 0 Å². The molecule has 0 bridgehead atoms. The van der Waals surface area contributed by atoms with Crippen LogP contribution in [0.5, 0.6) is 0 Å². The van der Waals surface area contributed by atoms with E-state index in [-0.39, 0.29) is 0 Å². The number of nitrogens with two attached hydrogens (primary N) is 1. The van der Waals surface area contributed by atoms with Gasteiger partial charge in [-0.25, -0.2) is 4.68 Å². The van der Waals surface area contributed by atoms with Gasteiger partial charge in [-0.15, -0.1) is 11.3 Å². The molecule has 0 spiro atoms. The van der Waals surface area contributed by atoms with Gasteiger partial charge in [0, 0.05) is 6.07 Å². The van der Waals surface area contributed by atoms with E-state index in [0.717, 1.165) is 10.6 Å². The van der Waals surface area contributed by atoms with Crippen LogP contribution in [0.3, 0.4) is 0 Å². The first kappa shape index (κ1) is 12.0. The van der Waals surface area contributed by atoms with Crippen LogP contribution in [0.1, 0.15) is 11.1 Å². The zero-order valence-electron chi connectivity index (χ0n) is 10.7. The monoisotopic (exact) mass is 269 g/mol. The number of anilines is 1. The number of aromatic nitrogens is 2. The minimum Gasteiger partial charge on any atom is -0.384 e. The number of thiophene rings is 1. The summed E-state index contributed by atoms with van der Waals surface area (Å²) in [5.74, 6) is 0.701. The first-order valence-electron chi connectivity index (χ1n) is 6.16. The van der Waals surface area contributed by atoms with Gasteiger partial charge in [-0.05, 0) is 29.5 Å². The highest BCUT2D eigenvalue weighted by molar-refractivity contribution is 7.13. The Morgan fingerprint density at radius 3 is 2.79 bits per heavy atom. The van der Waals surface area contributed by atoms with Crippen molar-refractivity contribution >= 4 is 17.2 Å². The molecule has 2 heterocycles. The molecule has 0 radical (unpaired) electrons. The lowest BCUT2D eigenvalue weighted by atomic mass is 10.1. The van der Waals surface area contributed by atoms with E-state index in [4.69, 9.17) is 5.73 Å². The maximum Gasteiger partial charge on any atom is 0.122 e. The van der Waals surface area contributed by atoms with Crippen molar-refractivity contribution in [2.75, 3.05) is 5.73 Å². The minimum absolute atomic E-state index is 0.701. The molecular weight excluding hydrogens is 254 g/mol. The predicted molar refractivity (Wildman–Crippen MR) is 80.2 cm³/mol. The van der Waals surface area contributed by atoms with Crippen LogP contribution in [0.4, 0.5) is 5.82 Å². The summed E-state index contributed by atoms with van der Waals surface area (Å²) >= 11 is 1.68. The van der Waals surface area contributed by atoms with Crippen molar-refractivity contribution in [2.24, 2.45) is 0 Å². The third kappa shape index (κ3) is 2.39. The molecule has 1 aromatic carbocycles. The number of nitrogen functional groups attached to an aromatic ring is 1. The van der Waals surface area contributed by atoms with Gasteiger partial charge in [0.25, 0.3) is 0 Å². The van der Waals surface area contributed by atoms with Gasteiger partial charge >= 0.3 is 0 Å². The highest BCUT2D eigenvalue weighted by Crippen LogP contribution is 2.25. The van der Waals surface area contributed by atoms with Crippen molar-refractivity contribution in [3.8, 4) is 10.6 Å². The Morgan fingerprint density at radius 2 is 2.05 bits per heavy atom. The van der Waals surface area contributed by atoms with Crippen LogP contribution in [0, 0.1) is 6.92 Å². The van der Waals surface area contributed by atoms with E-state index in [2.05, 4.69) is 30.2 Å². The summed E-state index contributed by atoms with van der Waals surface area (Å²) in [6, 6.07) is 14.3. The third-order valence-electron chi connectivity index (χ3n) is 3.17. The largest absolute Gasteiger partial charge is 0.384 e. The van der Waals surface area contributed by atoms with Gasteiger partial charge in [0.2, 0.25) is 0 Å². The van der Waals surface area contributed by atoms with Gasteiger partial charge in [-0.3, -0.25) is 0 Å². The summed E-state index contributed by atoms with van der Waals surface area (Å²) in [4.78, 5) is 1.15. The van der Waals surface area contributed by atoms with E-state index in [0.29, 0.717) is 12.4 Å². The van der Waals surface area contributed by atoms with Gasteiger partial charge in [-0.2, -0.15) is 5.10 Å². The summed E-state index contributed by atoms with van der Waals surface area (Å²) in [7, 11) is 0. The van der Waals surface area contributed by atoms with Crippen LogP contribution in [0.15, 0.2) is 47.8 Å². The number of aryl methyl sites for hydroxylation is 1. The lowest BCUT2D eigenvalue weighted by Crippen LogP contribution is -2.06. The van der Waals surface area contributed by atoms with Gasteiger partial charge < -0.3 is 5.73 Å². The predicted octanol–water partition coefficient (Wildman–Crippen LogP) is 3.55. The Bertz CT molecular complexity index is 683. The van der Waals surface area contributed by atoms with E-state index < -0.39 is 0 Å². The fraction of sp³-hybridized carbons (Fsp3) is 0.133. The van der Waals surface area contributed by atoms with Gasteiger partial charge in [0.1, 0.15) is 11.5 Å². The standard InChI is InChI=1S/C15H15N3S/c1-11-5-2-3-6-12(11)10-18-15(16)9-13(17-18)14-7-4-8-19-14/h2-9H,10,16H2,1H3. The molecule has 3 rings (SSSR count). The quantitative estimate of drug-likeness (QED) is 0.790. The smallest absolute Gasteiger partial charge is 0.122 e. The molecule has 19 heavy (non-hydrogen) atoms. The average molecular weight is 269 g/mol. The lowest BCUT2D eigenvalue weighted by Gasteiger charge is -2.07. The Morgan fingerprint density at radius 1 is 1.21 bits per heavy atom. The minimum atomic E-state index is 0.701. The molecule has 0 unspecified atom stereocenters. The fourth-order valence-electron chi connectivity index (χ4n) is 2.05. The van der Waals surface area contributed by atoms with Crippen molar-refractivity contribution in [3.63, 3.8) is 0 Å². The summed E-state index contributed by atoms with van der Waals surface area (Å²) < 4.78 is 1.86. The second-order valence-corrected chi connectivity index (χ2v) is 5.46. The molecule has 0 atom stereocenters. The number of benzene rings is 1. The first-order valence-corrected chi connectivity index (χ1v) is 7.04. The second-order valence-electron chi connectivity index (χ2n) is 4.52. The van der Waals surface area contributed by atoms with Gasteiger partial charge in [-0.1, -0.05) is 30.3 Å². The molecule has 2 N–H and O–H groups in total. The van der Waals surface area contributed by atoms with Crippen molar-refractivity contribution < 1.29 is 0 Å². The first-order chi connectivity index (χ1) is 9.24. The number of nitrogens with zero attached hydrogens (tertiary/aromatic N) is 2. The van der Waals surface area contributed by atoms with Gasteiger partial charge in [0.15, 0.2) is 0 Å². The van der Waals surface area contributed by atoms with E-state index in [1.807, 2.05) is 34.3 Å². The second kappa shape index (κ2) is 4.90. The van der Waals surface area contributed by atoms with Crippen LogP contribution >= 0.6 is 11.3 Å². The van der Waals surface area contributed by atoms with Gasteiger partial charge in [0.05, 0.1) is 11.4 Å². The molecular formula is C15H15N3S. The molecule has 0 saturated heterocycles. The zero-order chi connectivity index (χ0) is 13.2. The van der Waals surface area contributed by atoms with E-state index in [1.165, 1.54) is 11.1 Å². The van der Waals surface area contributed by atoms with Crippen LogP contribution < -0.4 is 5.73 Å². The Kier molecular flexibility index (Phi) is 3.09. The number of rotatable bonds is 3. The molecule has 3 aromatic rings. The Balaban J connectivity index is 1.92. The number of hydrogen-bond donors (Lipinski definition) is 1. The molecule has 0 saturated carbocycles. The summed E-state index contributed by atoms with van der Waals surface area (Å²) in [6.45, 7) is 2.82. The SMILES string of the molecule is Cc1ccccc1Cn1nc(-c2cccs2)cc1N. The zero-order valence-corrected chi connectivity index (χ0v) is 11.5. The summed E-state index contributed by atoms with van der Waals surface area (Å²) in [5.41, 5.74) is 9.50. The fourth-order valence-corrected chi connectivity index (χ4v) is 2.73. The molecule has 0 aliphatic heterocycles. The van der Waals surface area contributed by atoms with E-state index in [1.54, 1.807) is 11.3 Å². The molecule has 0 aliphatic rings. The number of hydrogen-bond acceptors (Lipinski definition) is 3. The highest BCUT2D eigenvalue weighted by Gasteiger charge is 2.09. The molecule has 4 heteroatoms. The molecule has 96 valence electrons. The maximum atomic E-state index is 6.05. The molecule has 0 aliphatic carbocycles. The third-order valence-corrected chi connectivity index (χ3v) is 4.06.